The molecule has 0 spiro atoms. The lowest BCUT2D eigenvalue weighted by Gasteiger charge is -2.26. The van der Waals surface area contributed by atoms with Gasteiger partial charge in [0.05, 0.1) is 6.20 Å². The van der Waals surface area contributed by atoms with Gasteiger partial charge in [0.25, 0.3) is 0 Å². The average Bonchev–Trinajstić information content (AvgIpc) is 3.26. The Balaban J connectivity index is 1.70. The van der Waals surface area contributed by atoms with Gasteiger partial charge in [0.2, 0.25) is 5.88 Å². The van der Waals surface area contributed by atoms with Crippen molar-refractivity contribution < 1.29 is 27.8 Å². The highest BCUT2D eigenvalue weighted by Crippen LogP contribution is 2.30. The number of ether oxygens (including phenoxy) is 1. The van der Waals surface area contributed by atoms with Crippen molar-refractivity contribution in [2.45, 2.75) is 32.9 Å². The molecule has 0 radical (unpaired) electrons. The summed E-state index contributed by atoms with van der Waals surface area (Å²) < 4.78 is 43.7. The molecule has 0 aromatic carbocycles. The Morgan fingerprint density at radius 3 is 2.10 bits per heavy atom. The van der Waals surface area contributed by atoms with Crippen molar-refractivity contribution >= 4 is 5.97 Å². The Bertz CT molecular complexity index is 1030. The highest BCUT2D eigenvalue weighted by Gasteiger charge is 2.36. The molecule has 0 aliphatic rings. The first-order valence-electron chi connectivity index (χ1n) is 9.60. The number of nitrogens with zero attached hydrogens (tertiary/aromatic N) is 3. The van der Waals surface area contributed by atoms with Crippen LogP contribution in [0.5, 0.6) is 5.88 Å². The molecular weight excluding hydrogens is 413 g/mol. The van der Waals surface area contributed by atoms with Gasteiger partial charge in [0, 0.05) is 29.6 Å². The Kier molecular flexibility index (Phi) is 6.28. The molecule has 10 heteroatoms. The zero-order valence-corrected chi connectivity index (χ0v) is 16.9. The van der Waals surface area contributed by atoms with Crippen molar-refractivity contribution in [3.05, 3.63) is 48.5 Å². The number of pyridine rings is 2. The fourth-order valence-electron chi connectivity index (χ4n) is 2.97. The van der Waals surface area contributed by atoms with E-state index in [1.54, 1.807) is 44.3 Å². The molecule has 0 amide bonds. The van der Waals surface area contributed by atoms with Crippen LogP contribution in [-0.2, 0) is 11.0 Å². The second kappa shape index (κ2) is 8.75. The van der Waals surface area contributed by atoms with Gasteiger partial charge < -0.3 is 14.8 Å². The van der Waals surface area contributed by atoms with E-state index >= 15 is 0 Å². The quantitative estimate of drug-likeness (QED) is 0.527. The summed E-state index contributed by atoms with van der Waals surface area (Å²) in [7, 11) is 0. The average molecular weight is 434 g/mol. The van der Waals surface area contributed by atoms with E-state index in [9.17, 15) is 23.1 Å². The number of carboxylic acids is 1. The fourth-order valence-corrected chi connectivity index (χ4v) is 2.97. The van der Waals surface area contributed by atoms with Crippen LogP contribution < -0.4 is 4.74 Å². The van der Waals surface area contributed by atoms with Gasteiger partial charge in [-0.05, 0) is 25.0 Å². The number of aromatic amines is 1. The third-order valence-electron chi connectivity index (χ3n) is 5.26. The van der Waals surface area contributed by atoms with E-state index in [0.717, 1.165) is 11.8 Å². The molecule has 7 nitrogen and oxygen atoms in total. The number of alkyl halides is 3. The molecule has 3 rings (SSSR count). The number of nitrogens with one attached hydrogen (secondary N) is 1. The first kappa shape index (κ1) is 22.3. The minimum absolute atomic E-state index is 0.0149. The SMILES string of the molecule is CCC(CC)(COc1ccc(-c2ccc(-c3ncc(C(F)(F)F)[nH]3)nc2)cn1)C(=O)O. The molecule has 2 N–H and O–H groups in total. The van der Waals surface area contributed by atoms with E-state index in [2.05, 4.69) is 19.9 Å². The third-order valence-corrected chi connectivity index (χ3v) is 5.26. The van der Waals surface area contributed by atoms with Crippen molar-refractivity contribution in [1.29, 1.82) is 0 Å². The largest absolute Gasteiger partial charge is 0.481 e. The van der Waals surface area contributed by atoms with Gasteiger partial charge in [0.1, 0.15) is 23.4 Å². The molecule has 3 heterocycles. The van der Waals surface area contributed by atoms with Crippen molar-refractivity contribution in [3.63, 3.8) is 0 Å². The number of aliphatic carboxylic acids is 1. The van der Waals surface area contributed by atoms with E-state index in [4.69, 9.17) is 4.74 Å². The predicted molar refractivity (Wildman–Crippen MR) is 106 cm³/mol. The molecule has 0 saturated heterocycles. The zero-order valence-electron chi connectivity index (χ0n) is 16.9. The lowest BCUT2D eigenvalue weighted by Crippen LogP contribution is -2.36. The normalized spacial score (nSPS) is 12.0. The first-order valence-corrected chi connectivity index (χ1v) is 9.60. The van der Waals surface area contributed by atoms with Crippen molar-refractivity contribution in [1.82, 2.24) is 19.9 Å². The van der Waals surface area contributed by atoms with Gasteiger partial charge >= 0.3 is 12.1 Å². The van der Waals surface area contributed by atoms with Crippen LogP contribution in [0.1, 0.15) is 32.4 Å². The molecule has 0 aliphatic carbocycles. The van der Waals surface area contributed by atoms with Gasteiger partial charge in [-0.1, -0.05) is 19.9 Å². The number of hydrogen-bond donors (Lipinski definition) is 2. The fraction of sp³-hybridized carbons (Fsp3) is 0.333. The molecule has 0 atom stereocenters. The standard InChI is InChI=1S/C21H21F3N4O3/c1-3-20(4-2,19(29)30)12-31-17-8-6-14(10-26-17)13-5-7-15(25-9-13)18-27-11-16(28-18)21(22,23)24/h5-11H,3-4,12H2,1-2H3,(H,27,28)(H,29,30). The maximum atomic E-state index is 12.7. The van der Waals surface area contributed by atoms with E-state index < -0.39 is 23.3 Å². The monoisotopic (exact) mass is 434 g/mol. The van der Waals surface area contributed by atoms with E-state index in [-0.39, 0.29) is 18.1 Å². The summed E-state index contributed by atoms with van der Waals surface area (Å²) >= 11 is 0. The van der Waals surface area contributed by atoms with Crippen molar-refractivity contribution in [2.24, 2.45) is 5.41 Å². The Morgan fingerprint density at radius 2 is 1.65 bits per heavy atom. The van der Waals surface area contributed by atoms with Crippen LogP contribution in [0.2, 0.25) is 0 Å². The molecular formula is C21H21F3N4O3. The van der Waals surface area contributed by atoms with Gasteiger partial charge in [-0.25, -0.2) is 9.97 Å². The van der Waals surface area contributed by atoms with E-state index in [0.29, 0.717) is 24.3 Å². The van der Waals surface area contributed by atoms with Gasteiger partial charge in [-0.3, -0.25) is 9.78 Å². The minimum Gasteiger partial charge on any atom is -0.481 e. The van der Waals surface area contributed by atoms with Gasteiger partial charge in [0.15, 0.2) is 5.82 Å². The summed E-state index contributed by atoms with van der Waals surface area (Å²) in [5.74, 6) is -0.579. The molecule has 0 saturated carbocycles. The maximum absolute atomic E-state index is 12.7. The van der Waals surface area contributed by atoms with Crippen LogP contribution in [0.25, 0.3) is 22.6 Å². The first-order chi connectivity index (χ1) is 14.7. The summed E-state index contributed by atoms with van der Waals surface area (Å²) in [6.45, 7) is 3.63. The van der Waals surface area contributed by atoms with E-state index in [1.807, 2.05) is 0 Å². The molecule has 3 aromatic rings. The predicted octanol–water partition coefficient (Wildman–Crippen LogP) is 4.82. The second-order valence-electron chi connectivity index (χ2n) is 7.04. The van der Waals surface area contributed by atoms with Crippen molar-refractivity contribution in [3.8, 4) is 28.5 Å². The van der Waals surface area contributed by atoms with Crippen molar-refractivity contribution in [2.75, 3.05) is 6.61 Å². The molecule has 164 valence electrons. The number of hydrogen-bond acceptors (Lipinski definition) is 5. The second-order valence-corrected chi connectivity index (χ2v) is 7.04. The highest BCUT2D eigenvalue weighted by atomic mass is 19.4. The number of aromatic nitrogens is 4. The summed E-state index contributed by atoms with van der Waals surface area (Å²) in [4.78, 5) is 25.9. The zero-order chi connectivity index (χ0) is 22.6. The number of rotatable bonds is 8. The maximum Gasteiger partial charge on any atom is 0.432 e. The number of imidazole rings is 1. The van der Waals surface area contributed by atoms with Crippen LogP contribution in [0.3, 0.4) is 0 Å². The smallest absolute Gasteiger partial charge is 0.432 e. The molecule has 0 unspecified atom stereocenters. The van der Waals surface area contributed by atoms with Crippen LogP contribution >= 0.6 is 0 Å². The molecule has 0 fully saturated rings. The van der Waals surface area contributed by atoms with Crippen LogP contribution in [0, 0.1) is 5.41 Å². The topological polar surface area (TPSA) is 101 Å². The summed E-state index contributed by atoms with van der Waals surface area (Å²) in [6.07, 6.45) is 0.167. The van der Waals surface area contributed by atoms with Crippen LogP contribution in [-0.4, -0.2) is 37.6 Å². The Hall–Kier alpha value is -3.43. The number of carboxylic acid groups (broad SMARTS) is 1. The Labute approximate surface area is 176 Å². The molecule has 0 aliphatic heterocycles. The molecule has 3 aromatic heterocycles. The number of halogens is 3. The van der Waals surface area contributed by atoms with Gasteiger partial charge in [-0.2, -0.15) is 13.2 Å². The number of carbonyl (C=O) groups is 1. The Morgan fingerprint density at radius 1 is 1.00 bits per heavy atom. The third kappa shape index (κ3) is 4.84. The summed E-state index contributed by atoms with van der Waals surface area (Å²) in [6, 6.07) is 6.62. The summed E-state index contributed by atoms with van der Waals surface area (Å²) in [5, 5.41) is 9.47. The molecule has 31 heavy (non-hydrogen) atoms. The van der Waals surface area contributed by atoms with Gasteiger partial charge in [-0.15, -0.1) is 0 Å². The number of H-pyrrole nitrogens is 1. The minimum atomic E-state index is -4.50. The summed E-state index contributed by atoms with van der Waals surface area (Å²) in [5.41, 5.74) is -0.204. The van der Waals surface area contributed by atoms with E-state index in [1.165, 1.54) is 6.20 Å². The van der Waals surface area contributed by atoms with Crippen LogP contribution in [0.4, 0.5) is 13.2 Å². The molecule has 0 bridgehead atoms. The highest BCUT2D eigenvalue weighted by molar-refractivity contribution is 5.74. The lowest BCUT2D eigenvalue weighted by molar-refractivity contribution is -0.151. The lowest BCUT2D eigenvalue weighted by atomic mass is 9.83. The van der Waals surface area contributed by atoms with Crippen LogP contribution in [0.15, 0.2) is 42.9 Å².